The first-order valence-corrected chi connectivity index (χ1v) is 5.81. The van der Waals surface area contributed by atoms with Crippen molar-refractivity contribution in [1.82, 2.24) is 4.90 Å². The summed E-state index contributed by atoms with van der Waals surface area (Å²) >= 11 is 0. The van der Waals surface area contributed by atoms with E-state index in [4.69, 9.17) is 6.42 Å². The zero-order valence-electron chi connectivity index (χ0n) is 9.95. The second kappa shape index (κ2) is 7.78. The Labute approximate surface area is 98.7 Å². The predicted octanol–water partition coefficient (Wildman–Crippen LogP) is 2.44. The molecule has 0 saturated heterocycles. The standard InChI is InChI=1S/C14H20N2/c1-3-11-16(12-4-2)13-10-15-14-8-6-5-7-9-14/h1,5-9,15H,4,10-13H2,2H3. The Morgan fingerprint density at radius 3 is 2.62 bits per heavy atom. The molecule has 0 radical (unpaired) electrons. The number of rotatable bonds is 7. The third kappa shape index (κ3) is 4.86. The molecule has 0 aliphatic heterocycles. The SMILES string of the molecule is C#CCN(CCC)CCNc1ccccc1. The second-order valence-electron chi connectivity index (χ2n) is 3.77. The van der Waals surface area contributed by atoms with Gasteiger partial charge in [-0.15, -0.1) is 6.42 Å². The monoisotopic (exact) mass is 216 g/mol. The summed E-state index contributed by atoms with van der Waals surface area (Å²) in [6.07, 6.45) is 6.48. The van der Waals surface area contributed by atoms with Crippen LogP contribution in [0.25, 0.3) is 0 Å². The van der Waals surface area contributed by atoms with Crippen molar-refractivity contribution in [1.29, 1.82) is 0 Å². The molecular weight excluding hydrogens is 196 g/mol. The van der Waals surface area contributed by atoms with Gasteiger partial charge in [-0.05, 0) is 25.1 Å². The van der Waals surface area contributed by atoms with E-state index >= 15 is 0 Å². The minimum atomic E-state index is 0.740. The fourth-order valence-corrected chi connectivity index (χ4v) is 1.63. The molecule has 0 saturated carbocycles. The first-order chi connectivity index (χ1) is 7.86. The molecule has 0 atom stereocenters. The highest BCUT2D eigenvalue weighted by atomic mass is 15.1. The summed E-state index contributed by atoms with van der Waals surface area (Å²) in [6, 6.07) is 10.2. The average Bonchev–Trinajstić information content (AvgIpc) is 2.31. The van der Waals surface area contributed by atoms with E-state index in [-0.39, 0.29) is 0 Å². The van der Waals surface area contributed by atoms with Crippen molar-refractivity contribution in [3.05, 3.63) is 30.3 Å². The lowest BCUT2D eigenvalue weighted by molar-refractivity contribution is 0.319. The molecule has 0 aromatic heterocycles. The first kappa shape index (κ1) is 12.6. The van der Waals surface area contributed by atoms with Crippen molar-refractivity contribution < 1.29 is 0 Å². The van der Waals surface area contributed by atoms with Crippen molar-refractivity contribution in [2.24, 2.45) is 0 Å². The molecule has 1 N–H and O–H groups in total. The maximum atomic E-state index is 5.33. The smallest absolute Gasteiger partial charge is 0.0599 e. The van der Waals surface area contributed by atoms with Crippen LogP contribution in [0.15, 0.2) is 30.3 Å². The van der Waals surface area contributed by atoms with Gasteiger partial charge >= 0.3 is 0 Å². The highest BCUT2D eigenvalue weighted by Crippen LogP contribution is 2.04. The molecule has 0 spiro atoms. The van der Waals surface area contributed by atoms with Crippen molar-refractivity contribution in [2.45, 2.75) is 13.3 Å². The highest BCUT2D eigenvalue weighted by Gasteiger charge is 2.00. The van der Waals surface area contributed by atoms with E-state index in [2.05, 4.69) is 35.2 Å². The molecule has 0 amide bonds. The van der Waals surface area contributed by atoms with Crippen LogP contribution in [0.5, 0.6) is 0 Å². The number of hydrogen-bond acceptors (Lipinski definition) is 2. The van der Waals surface area contributed by atoms with E-state index in [1.54, 1.807) is 0 Å². The number of para-hydroxylation sites is 1. The molecule has 1 aromatic carbocycles. The van der Waals surface area contributed by atoms with Crippen molar-refractivity contribution in [3.63, 3.8) is 0 Å². The summed E-state index contributed by atoms with van der Waals surface area (Å²) < 4.78 is 0. The van der Waals surface area contributed by atoms with E-state index in [1.807, 2.05) is 18.2 Å². The van der Waals surface area contributed by atoms with E-state index < -0.39 is 0 Å². The van der Waals surface area contributed by atoms with Gasteiger partial charge in [0, 0.05) is 18.8 Å². The van der Waals surface area contributed by atoms with Crippen molar-refractivity contribution in [3.8, 4) is 12.3 Å². The minimum absolute atomic E-state index is 0.740. The molecule has 0 aliphatic carbocycles. The third-order valence-electron chi connectivity index (χ3n) is 2.39. The zero-order chi connectivity index (χ0) is 11.6. The van der Waals surface area contributed by atoms with Crippen LogP contribution >= 0.6 is 0 Å². The maximum Gasteiger partial charge on any atom is 0.0599 e. The quantitative estimate of drug-likeness (QED) is 0.704. The maximum absolute atomic E-state index is 5.33. The average molecular weight is 216 g/mol. The second-order valence-corrected chi connectivity index (χ2v) is 3.77. The Hall–Kier alpha value is -1.46. The van der Waals surface area contributed by atoms with Crippen molar-refractivity contribution >= 4 is 5.69 Å². The number of anilines is 1. The lowest BCUT2D eigenvalue weighted by Crippen LogP contribution is -2.30. The van der Waals surface area contributed by atoms with Crippen LogP contribution < -0.4 is 5.32 Å². The van der Waals surface area contributed by atoms with E-state index in [0.717, 1.165) is 32.6 Å². The fourth-order valence-electron chi connectivity index (χ4n) is 1.63. The molecule has 0 aliphatic rings. The van der Waals surface area contributed by atoms with Gasteiger partial charge in [-0.3, -0.25) is 4.90 Å². The molecule has 86 valence electrons. The summed E-state index contributed by atoms with van der Waals surface area (Å²) in [5.41, 5.74) is 1.17. The molecule has 16 heavy (non-hydrogen) atoms. The van der Waals surface area contributed by atoms with Gasteiger partial charge in [0.05, 0.1) is 6.54 Å². The van der Waals surface area contributed by atoms with E-state index in [0.29, 0.717) is 0 Å². The number of nitrogens with zero attached hydrogens (tertiary/aromatic N) is 1. The molecule has 1 rings (SSSR count). The molecule has 1 aromatic rings. The molecule has 0 unspecified atom stereocenters. The number of benzene rings is 1. The fraction of sp³-hybridized carbons (Fsp3) is 0.429. The van der Waals surface area contributed by atoms with Gasteiger partial charge < -0.3 is 5.32 Å². The Morgan fingerprint density at radius 1 is 1.25 bits per heavy atom. The molecule has 0 heterocycles. The van der Waals surface area contributed by atoms with E-state index in [9.17, 15) is 0 Å². The van der Waals surface area contributed by atoms with Crippen LogP contribution in [0.2, 0.25) is 0 Å². The van der Waals surface area contributed by atoms with Gasteiger partial charge in [0.1, 0.15) is 0 Å². The van der Waals surface area contributed by atoms with Crippen molar-refractivity contribution in [2.75, 3.05) is 31.5 Å². The van der Waals surface area contributed by atoms with Gasteiger partial charge in [0.15, 0.2) is 0 Å². The summed E-state index contributed by atoms with van der Waals surface area (Å²) in [5, 5.41) is 3.38. The van der Waals surface area contributed by atoms with Gasteiger partial charge in [-0.2, -0.15) is 0 Å². The normalized spacial score (nSPS) is 10.1. The Bertz CT molecular complexity index is 313. The molecule has 0 fully saturated rings. The van der Waals surface area contributed by atoms with Gasteiger partial charge in [0.2, 0.25) is 0 Å². The largest absolute Gasteiger partial charge is 0.384 e. The highest BCUT2D eigenvalue weighted by molar-refractivity contribution is 5.42. The minimum Gasteiger partial charge on any atom is -0.384 e. The Kier molecular flexibility index (Phi) is 6.13. The molecule has 0 bridgehead atoms. The molecule has 2 heteroatoms. The Morgan fingerprint density at radius 2 is 2.00 bits per heavy atom. The number of hydrogen-bond donors (Lipinski definition) is 1. The summed E-state index contributed by atoms with van der Waals surface area (Å²) in [6.45, 7) is 5.91. The van der Waals surface area contributed by atoms with Gasteiger partial charge in [0.25, 0.3) is 0 Å². The van der Waals surface area contributed by atoms with Crippen LogP contribution in [-0.2, 0) is 0 Å². The van der Waals surface area contributed by atoms with Crippen LogP contribution in [0.3, 0.4) is 0 Å². The van der Waals surface area contributed by atoms with Gasteiger partial charge in [-0.25, -0.2) is 0 Å². The zero-order valence-corrected chi connectivity index (χ0v) is 9.95. The number of nitrogens with one attached hydrogen (secondary N) is 1. The van der Waals surface area contributed by atoms with E-state index in [1.165, 1.54) is 5.69 Å². The summed E-state index contributed by atoms with van der Waals surface area (Å²) in [4.78, 5) is 2.29. The summed E-state index contributed by atoms with van der Waals surface area (Å²) in [7, 11) is 0. The first-order valence-electron chi connectivity index (χ1n) is 5.81. The topological polar surface area (TPSA) is 15.3 Å². The molecule has 2 nitrogen and oxygen atoms in total. The predicted molar refractivity (Wildman–Crippen MR) is 70.5 cm³/mol. The van der Waals surface area contributed by atoms with Gasteiger partial charge in [-0.1, -0.05) is 31.0 Å². The molecular formula is C14H20N2. The summed E-state index contributed by atoms with van der Waals surface area (Å²) in [5.74, 6) is 2.70. The number of terminal acetylenes is 1. The Balaban J connectivity index is 2.25. The lowest BCUT2D eigenvalue weighted by Gasteiger charge is -2.19. The van der Waals surface area contributed by atoms with Crippen LogP contribution in [-0.4, -0.2) is 31.1 Å². The third-order valence-corrected chi connectivity index (χ3v) is 2.39. The lowest BCUT2D eigenvalue weighted by atomic mass is 10.3. The van der Waals surface area contributed by atoms with Crippen LogP contribution in [0, 0.1) is 12.3 Å². The van der Waals surface area contributed by atoms with Crippen LogP contribution in [0.1, 0.15) is 13.3 Å². The van der Waals surface area contributed by atoms with Crippen LogP contribution in [0.4, 0.5) is 5.69 Å².